The van der Waals surface area contributed by atoms with Crippen molar-refractivity contribution in [3.8, 4) is 0 Å². The molecule has 1 heterocycles. The molecule has 0 spiro atoms. The molecule has 2 atom stereocenters. The van der Waals surface area contributed by atoms with Gasteiger partial charge in [0.25, 0.3) is 0 Å². The molecule has 100 valence electrons. The molecule has 2 rings (SSSR count). The van der Waals surface area contributed by atoms with Gasteiger partial charge in [-0.05, 0) is 30.2 Å². The summed E-state index contributed by atoms with van der Waals surface area (Å²) in [4.78, 5) is 13.1. The van der Waals surface area contributed by atoms with Crippen LogP contribution in [0.5, 0.6) is 0 Å². The minimum atomic E-state index is -0.483. The van der Waals surface area contributed by atoms with Crippen LogP contribution in [0.15, 0.2) is 17.5 Å². The predicted molar refractivity (Wildman–Crippen MR) is 75.3 cm³/mol. The maximum atomic E-state index is 11.9. The van der Waals surface area contributed by atoms with Gasteiger partial charge in [0.1, 0.15) is 0 Å². The highest BCUT2D eigenvalue weighted by Crippen LogP contribution is 2.34. The molecular formula is C14H22N2OS. The smallest absolute Gasteiger partial charge is 0.237 e. The molecule has 0 bridgehead atoms. The summed E-state index contributed by atoms with van der Waals surface area (Å²) < 4.78 is 0. The fourth-order valence-corrected chi connectivity index (χ4v) is 3.52. The highest BCUT2D eigenvalue weighted by atomic mass is 32.1. The van der Waals surface area contributed by atoms with E-state index < -0.39 is 5.54 Å². The van der Waals surface area contributed by atoms with Gasteiger partial charge in [-0.2, -0.15) is 0 Å². The molecule has 18 heavy (non-hydrogen) atoms. The third kappa shape index (κ3) is 2.93. The summed E-state index contributed by atoms with van der Waals surface area (Å²) in [5.41, 5.74) is 5.18. The lowest BCUT2D eigenvalue weighted by atomic mass is 9.74. The summed E-state index contributed by atoms with van der Waals surface area (Å²) >= 11 is 1.71. The van der Waals surface area contributed by atoms with Gasteiger partial charge in [-0.1, -0.05) is 32.3 Å². The molecule has 0 aromatic carbocycles. The number of amides is 1. The Balaban J connectivity index is 2.04. The van der Waals surface area contributed by atoms with E-state index in [1.807, 2.05) is 6.07 Å². The molecule has 1 aliphatic rings. The van der Waals surface area contributed by atoms with Crippen LogP contribution < -0.4 is 11.1 Å². The van der Waals surface area contributed by atoms with Crippen LogP contribution in [0, 0.1) is 5.92 Å². The first-order chi connectivity index (χ1) is 8.66. The summed E-state index contributed by atoms with van der Waals surface area (Å²) in [5.74, 6) is 0.444. The zero-order valence-corrected chi connectivity index (χ0v) is 11.8. The molecule has 2 unspecified atom stereocenters. The Morgan fingerprint density at radius 2 is 2.50 bits per heavy atom. The third-order valence-corrected chi connectivity index (χ3v) is 4.96. The van der Waals surface area contributed by atoms with Gasteiger partial charge in [0.05, 0.1) is 5.54 Å². The number of primary amides is 1. The van der Waals surface area contributed by atoms with E-state index >= 15 is 0 Å². The summed E-state index contributed by atoms with van der Waals surface area (Å²) in [6, 6.07) is 4.13. The van der Waals surface area contributed by atoms with E-state index in [-0.39, 0.29) is 5.91 Å². The number of carbonyl (C=O) groups excluding carboxylic acids is 1. The van der Waals surface area contributed by atoms with Gasteiger partial charge in [0, 0.05) is 11.4 Å². The number of carbonyl (C=O) groups is 1. The van der Waals surface area contributed by atoms with E-state index in [1.54, 1.807) is 11.3 Å². The maximum Gasteiger partial charge on any atom is 0.237 e. The molecule has 1 saturated carbocycles. The predicted octanol–water partition coefficient (Wildman–Crippen LogP) is 2.66. The van der Waals surface area contributed by atoms with Crippen molar-refractivity contribution < 1.29 is 4.79 Å². The van der Waals surface area contributed by atoms with Crippen molar-refractivity contribution in [2.24, 2.45) is 11.7 Å². The van der Waals surface area contributed by atoms with Crippen LogP contribution in [0.25, 0.3) is 0 Å². The van der Waals surface area contributed by atoms with Crippen molar-refractivity contribution in [1.82, 2.24) is 5.32 Å². The summed E-state index contributed by atoms with van der Waals surface area (Å²) in [7, 11) is 0. The van der Waals surface area contributed by atoms with Crippen LogP contribution in [0.2, 0.25) is 0 Å². The van der Waals surface area contributed by atoms with Crippen molar-refractivity contribution in [2.45, 2.75) is 51.1 Å². The summed E-state index contributed by atoms with van der Waals surface area (Å²) in [6.07, 6.45) is 5.23. The van der Waals surface area contributed by atoms with Crippen LogP contribution in [0.4, 0.5) is 0 Å². The molecule has 4 heteroatoms. The first-order valence-electron chi connectivity index (χ1n) is 6.73. The number of nitrogens with one attached hydrogen (secondary N) is 1. The lowest BCUT2D eigenvalue weighted by Crippen LogP contribution is -2.57. The summed E-state index contributed by atoms with van der Waals surface area (Å²) in [5, 5.41) is 5.50. The number of rotatable bonds is 5. The quantitative estimate of drug-likeness (QED) is 0.861. The number of hydrogen-bond acceptors (Lipinski definition) is 3. The monoisotopic (exact) mass is 266 g/mol. The number of hydrogen-bond donors (Lipinski definition) is 2. The molecule has 1 amide bonds. The molecule has 1 fully saturated rings. The number of thiophene rings is 1. The Hall–Kier alpha value is -0.870. The van der Waals surface area contributed by atoms with Crippen molar-refractivity contribution in [2.75, 3.05) is 0 Å². The van der Waals surface area contributed by atoms with E-state index in [0.29, 0.717) is 5.92 Å². The van der Waals surface area contributed by atoms with Gasteiger partial charge in [-0.3, -0.25) is 10.1 Å². The molecule has 0 radical (unpaired) electrons. The zero-order chi connectivity index (χ0) is 13.0. The minimum absolute atomic E-state index is 0.183. The van der Waals surface area contributed by atoms with Crippen LogP contribution in [0.1, 0.15) is 43.9 Å². The fraction of sp³-hybridized carbons (Fsp3) is 0.643. The molecular weight excluding hydrogens is 244 g/mol. The van der Waals surface area contributed by atoms with Gasteiger partial charge < -0.3 is 5.73 Å². The van der Waals surface area contributed by atoms with Crippen molar-refractivity contribution in [1.29, 1.82) is 0 Å². The Labute approximate surface area is 113 Å². The molecule has 1 aromatic rings. The SMILES string of the molecule is CCC1CCCC(NCc2cccs2)(C(N)=O)C1. The maximum absolute atomic E-state index is 11.9. The topological polar surface area (TPSA) is 55.1 Å². The molecule has 1 aromatic heterocycles. The van der Waals surface area contributed by atoms with Gasteiger partial charge in [0.15, 0.2) is 0 Å². The highest BCUT2D eigenvalue weighted by molar-refractivity contribution is 7.09. The molecule has 3 nitrogen and oxygen atoms in total. The minimum Gasteiger partial charge on any atom is -0.368 e. The first kappa shape index (κ1) is 13.6. The van der Waals surface area contributed by atoms with Gasteiger partial charge in [-0.15, -0.1) is 11.3 Å². The molecule has 0 aliphatic heterocycles. The zero-order valence-electron chi connectivity index (χ0n) is 10.9. The molecule has 0 saturated heterocycles. The summed E-state index contributed by atoms with van der Waals surface area (Å²) in [6.45, 7) is 2.94. The van der Waals surface area contributed by atoms with Gasteiger partial charge in [0.2, 0.25) is 5.91 Å². The van der Waals surface area contributed by atoms with Crippen LogP contribution in [0.3, 0.4) is 0 Å². The van der Waals surface area contributed by atoms with Crippen molar-refractivity contribution >= 4 is 17.2 Å². The second kappa shape index (κ2) is 5.85. The Morgan fingerprint density at radius 1 is 1.67 bits per heavy atom. The molecule has 1 aliphatic carbocycles. The highest BCUT2D eigenvalue weighted by Gasteiger charge is 2.40. The fourth-order valence-electron chi connectivity index (χ4n) is 2.88. The average molecular weight is 266 g/mol. The normalized spacial score (nSPS) is 28.2. The van der Waals surface area contributed by atoms with E-state index in [2.05, 4.69) is 23.7 Å². The van der Waals surface area contributed by atoms with Crippen molar-refractivity contribution in [3.63, 3.8) is 0 Å². The van der Waals surface area contributed by atoms with Gasteiger partial charge in [-0.25, -0.2) is 0 Å². The third-order valence-electron chi connectivity index (χ3n) is 4.08. The van der Waals surface area contributed by atoms with E-state index in [0.717, 1.165) is 32.2 Å². The second-order valence-corrected chi connectivity index (χ2v) is 6.28. The largest absolute Gasteiger partial charge is 0.368 e. The van der Waals surface area contributed by atoms with Crippen LogP contribution >= 0.6 is 11.3 Å². The Bertz CT molecular complexity index is 391. The lowest BCUT2D eigenvalue weighted by Gasteiger charge is -2.39. The van der Waals surface area contributed by atoms with Crippen LogP contribution in [-0.4, -0.2) is 11.4 Å². The van der Waals surface area contributed by atoms with Crippen LogP contribution in [-0.2, 0) is 11.3 Å². The second-order valence-electron chi connectivity index (χ2n) is 5.25. The number of nitrogens with two attached hydrogens (primary N) is 1. The van der Waals surface area contributed by atoms with E-state index in [9.17, 15) is 4.79 Å². The van der Waals surface area contributed by atoms with E-state index in [4.69, 9.17) is 5.73 Å². The Kier molecular flexibility index (Phi) is 4.40. The lowest BCUT2D eigenvalue weighted by molar-refractivity contribution is -0.126. The van der Waals surface area contributed by atoms with Gasteiger partial charge >= 0.3 is 0 Å². The Morgan fingerprint density at radius 3 is 3.11 bits per heavy atom. The van der Waals surface area contributed by atoms with E-state index in [1.165, 1.54) is 11.3 Å². The van der Waals surface area contributed by atoms with Crippen molar-refractivity contribution in [3.05, 3.63) is 22.4 Å². The average Bonchev–Trinajstić information content (AvgIpc) is 2.89. The first-order valence-corrected chi connectivity index (χ1v) is 7.61. The molecule has 3 N–H and O–H groups in total. The standard InChI is InChI=1S/C14H22N2OS/c1-2-11-5-3-7-14(9-11,13(15)17)16-10-12-6-4-8-18-12/h4,6,8,11,16H,2-3,5,7,9-10H2,1H3,(H2,15,17).